The molecule has 2 aromatic rings. The molecular formula is C15H16BrNO2. The number of aromatic nitrogens is 1. The topological polar surface area (TPSA) is 42.4 Å². The van der Waals surface area contributed by atoms with Crippen molar-refractivity contribution >= 4 is 15.9 Å². The molecule has 0 bridgehead atoms. The molecule has 0 aliphatic carbocycles. The zero-order chi connectivity index (χ0) is 13.9. The van der Waals surface area contributed by atoms with E-state index in [0.29, 0.717) is 5.88 Å². The summed E-state index contributed by atoms with van der Waals surface area (Å²) in [4.78, 5) is 4.15. The Morgan fingerprint density at radius 1 is 1.21 bits per heavy atom. The van der Waals surface area contributed by atoms with Crippen LogP contribution in [0.25, 0.3) is 0 Å². The second-order valence-corrected chi connectivity index (χ2v) is 5.81. The van der Waals surface area contributed by atoms with Crippen molar-refractivity contribution in [3.05, 3.63) is 52.6 Å². The quantitative estimate of drug-likeness (QED) is 0.928. The average Bonchev–Trinajstić information content (AvgIpc) is 2.42. The smallest absolute Gasteiger partial charge is 0.233 e. The number of benzene rings is 1. The molecule has 0 amide bonds. The summed E-state index contributed by atoms with van der Waals surface area (Å²) in [7, 11) is 0. The Morgan fingerprint density at radius 3 is 2.47 bits per heavy atom. The molecular weight excluding hydrogens is 306 g/mol. The van der Waals surface area contributed by atoms with Crippen molar-refractivity contribution in [1.29, 1.82) is 0 Å². The maximum absolute atomic E-state index is 9.34. The molecule has 0 unspecified atom stereocenters. The SMILES string of the molecule is CC(C)(CO)c1ccc(Oc2ncccc2Br)cc1. The van der Waals surface area contributed by atoms with Crippen LogP contribution >= 0.6 is 15.9 Å². The number of aliphatic hydroxyl groups is 1. The Bertz CT molecular complexity index is 552. The Morgan fingerprint density at radius 2 is 1.89 bits per heavy atom. The monoisotopic (exact) mass is 321 g/mol. The van der Waals surface area contributed by atoms with Crippen molar-refractivity contribution in [1.82, 2.24) is 4.98 Å². The van der Waals surface area contributed by atoms with Crippen molar-refractivity contribution in [3.63, 3.8) is 0 Å². The van der Waals surface area contributed by atoms with Crippen molar-refractivity contribution in [2.24, 2.45) is 0 Å². The molecule has 1 heterocycles. The number of halogens is 1. The lowest BCUT2D eigenvalue weighted by Gasteiger charge is -2.22. The number of nitrogens with zero attached hydrogens (tertiary/aromatic N) is 1. The first kappa shape index (κ1) is 14.0. The van der Waals surface area contributed by atoms with E-state index in [4.69, 9.17) is 4.74 Å². The highest BCUT2D eigenvalue weighted by atomic mass is 79.9. The second-order valence-electron chi connectivity index (χ2n) is 4.96. The van der Waals surface area contributed by atoms with Crippen LogP contribution in [0.2, 0.25) is 0 Å². The van der Waals surface area contributed by atoms with Gasteiger partial charge in [-0.25, -0.2) is 4.98 Å². The molecule has 1 N–H and O–H groups in total. The van der Waals surface area contributed by atoms with Crippen LogP contribution in [0.4, 0.5) is 0 Å². The third-order valence-corrected chi connectivity index (χ3v) is 3.57. The summed E-state index contributed by atoms with van der Waals surface area (Å²) in [5.41, 5.74) is 0.826. The molecule has 0 aliphatic heterocycles. The van der Waals surface area contributed by atoms with Gasteiger partial charge in [-0.15, -0.1) is 0 Å². The van der Waals surface area contributed by atoms with Gasteiger partial charge in [0, 0.05) is 11.6 Å². The minimum absolute atomic E-state index is 0.110. The van der Waals surface area contributed by atoms with Crippen molar-refractivity contribution in [2.45, 2.75) is 19.3 Å². The third-order valence-electron chi connectivity index (χ3n) is 2.97. The van der Waals surface area contributed by atoms with Crippen molar-refractivity contribution < 1.29 is 9.84 Å². The Labute approximate surface area is 121 Å². The fraction of sp³-hybridized carbons (Fsp3) is 0.267. The minimum Gasteiger partial charge on any atom is -0.438 e. The van der Waals surface area contributed by atoms with E-state index in [2.05, 4.69) is 20.9 Å². The number of hydrogen-bond acceptors (Lipinski definition) is 3. The van der Waals surface area contributed by atoms with Crippen LogP contribution in [0.3, 0.4) is 0 Å². The van der Waals surface area contributed by atoms with Gasteiger partial charge in [-0.05, 0) is 45.8 Å². The van der Waals surface area contributed by atoms with Gasteiger partial charge in [0.25, 0.3) is 0 Å². The molecule has 0 saturated heterocycles. The Kier molecular flexibility index (Phi) is 4.22. The number of aliphatic hydroxyl groups excluding tert-OH is 1. The Hall–Kier alpha value is -1.39. The van der Waals surface area contributed by atoms with Gasteiger partial charge in [0.2, 0.25) is 5.88 Å². The normalized spacial score (nSPS) is 11.4. The van der Waals surface area contributed by atoms with Gasteiger partial charge in [-0.1, -0.05) is 26.0 Å². The summed E-state index contributed by atoms with van der Waals surface area (Å²) in [5, 5.41) is 9.34. The standard InChI is InChI=1S/C15H16BrNO2/c1-15(2,10-18)11-5-7-12(8-6-11)19-14-13(16)4-3-9-17-14/h3-9,18H,10H2,1-2H3. The van der Waals surface area contributed by atoms with Crippen molar-refractivity contribution in [2.75, 3.05) is 6.61 Å². The number of pyridine rings is 1. The predicted octanol–water partition coefficient (Wildman–Crippen LogP) is 3.91. The molecule has 2 rings (SSSR count). The van der Waals surface area contributed by atoms with E-state index >= 15 is 0 Å². The van der Waals surface area contributed by atoms with E-state index in [1.807, 2.05) is 50.2 Å². The highest BCUT2D eigenvalue weighted by Crippen LogP contribution is 2.29. The summed E-state index contributed by atoms with van der Waals surface area (Å²) < 4.78 is 6.50. The molecule has 0 spiro atoms. The van der Waals surface area contributed by atoms with E-state index < -0.39 is 0 Å². The van der Waals surface area contributed by atoms with Crippen LogP contribution in [0, 0.1) is 0 Å². The van der Waals surface area contributed by atoms with Crippen LogP contribution in [-0.2, 0) is 5.41 Å². The van der Waals surface area contributed by atoms with Gasteiger partial charge in [0.1, 0.15) is 5.75 Å². The summed E-state index contributed by atoms with van der Waals surface area (Å²) in [6, 6.07) is 11.4. The molecule has 0 aliphatic rings. The fourth-order valence-corrected chi connectivity index (χ4v) is 1.96. The van der Waals surface area contributed by atoms with Gasteiger partial charge in [0.05, 0.1) is 11.1 Å². The van der Waals surface area contributed by atoms with E-state index in [0.717, 1.165) is 15.8 Å². The molecule has 100 valence electrons. The molecule has 1 aromatic heterocycles. The van der Waals surface area contributed by atoms with Gasteiger partial charge >= 0.3 is 0 Å². The summed E-state index contributed by atoms with van der Waals surface area (Å²) in [6.45, 7) is 4.11. The first-order valence-electron chi connectivity index (χ1n) is 6.03. The minimum atomic E-state index is -0.246. The largest absolute Gasteiger partial charge is 0.438 e. The summed E-state index contributed by atoms with van der Waals surface area (Å²) in [5.74, 6) is 1.26. The van der Waals surface area contributed by atoms with Gasteiger partial charge < -0.3 is 9.84 Å². The zero-order valence-corrected chi connectivity index (χ0v) is 12.5. The zero-order valence-electron chi connectivity index (χ0n) is 10.9. The highest BCUT2D eigenvalue weighted by molar-refractivity contribution is 9.10. The molecule has 0 radical (unpaired) electrons. The lowest BCUT2D eigenvalue weighted by atomic mass is 9.86. The second kappa shape index (κ2) is 5.72. The number of ether oxygens (including phenoxy) is 1. The molecule has 19 heavy (non-hydrogen) atoms. The fourth-order valence-electron chi connectivity index (χ4n) is 1.62. The average molecular weight is 322 g/mol. The maximum Gasteiger partial charge on any atom is 0.233 e. The van der Waals surface area contributed by atoms with Crippen LogP contribution in [0.5, 0.6) is 11.6 Å². The van der Waals surface area contributed by atoms with Crippen LogP contribution in [0.15, 0.2) is 47.1 Å². The highest BCUT2D eigenvalue weighted by Gasteiger charge is 2.19. The van der Waals surface area contributed by atoms with E-state index in [-0.39, 0.29) is 12.0 Å². The van der Waals surface area contributed by atoms with E-state index in [1.54, 1.807) is 6.20 Å². The lowest BCUT2D eigenvalue weighted by molar-refractivity contribution is 0.218. The number of rotatable bonds is 4. The van der Waals surface area contributed by atoms with E-state index in [9.17, 15) is 5.11 Å². The first-order valence-corrected chi connectivity index (χ1v) is 6.82. The third kappa shape index (κ3) is 3.33. The van der Waals surface area contributed by atoms with Gasteiger partial charge in [-0.2, -0.15) is 0 Å². The van der Waals surface area contributed by atoms with Crippen LogP contribution in [-0.4, -0.2) is 16.7 Å². The molecule has 0 saturated carbocycles. The van der Waals surface area contributed by atoms with Gasteiger partial charge in [0.15, 0.2) is 0 Å². The first-order chi connectivity index (χ1) is 9.03. The number of hydrogen-bond donors (Lipinski definition) is 1. The molecule has 0 fully saturated rings. The molecule has 4 heteroatoms. The Balaban J connectivity index is 2.18. The lowest BCUT2D eigenvalue weighted by Crippen LogP contribution is -2.21. The maximum atomic E-state index is 9.34. The van der Waals surface area contributed by atoms with Crippen LogP contribution in [0.1, 0.15) is 19.4 Å². The predicted molar refractivity (Wildman–Crippen MR) is 78.6 cm³/mol. The van der Waals surface area contributed by atoms with Crippen molar-refractivity contribution in [3.8, 4) is 11.6 Å². The van der Waals surface area contributed by atoms with E-state index in [1.165, 1.54) is 0 Å². The van der Waals surface area contributed by atoms with Gasteiger partial charge in [-0.3, -0.25) is 0 Å². The summed E-state index contributed by atoms with van der Waals surface area (Å²) in [6.07, 6.45) is 1.68. The van der Waals surface area contributed by atoms with Crippen LogP contribution < -0.4 is 4.74 Å². The molecule has 1 aromatic carbocycles. The molecule has 0 atom stereocenters. The summed E-state index contributed by atoms with van der Waals surface area (Å²) >= 11 is 3.39. The molecule has 3 nitrogen and oxygen atoms in total.